The van der Waals surface area contributed by atoms with Crippen molar-refractivity contribution in [3.8, 4) is 0 Å². The summed E-state index contributed by atoms with van der Waals surface area (Å²) in [6.07, 6.45) is 2.65. The number of rotatable bonds is 3. The first kappa shape index (κ1) is 21.0. The molecule has 7 nitrogen and oxygen atoms in total. The van der Waals surface area contributed by atoms with Gasteiger partial charge in [0.2, 0.25) is 0 Å². The van der Waals surface area contributed by atoms with Crippen LogP contribution < -0.4 is 5.73 Å². The van der Waals surface area contributed by atoms with Crippen molar-refractivity contribution in [1.29, 1.82) is 0 Å². The maximum absolute atomic E-state index is 12.6. The summed E-state index contributed by atoms with van der Waals surface area (Å²) in [5.41, 5.74) is 6.15. The third-order valence-electron chi connectivity index (χ3n) is 3.83. The summed E-state index contributed by atoms with van der Waals surface area (Å²) in [5.74, 6) is -0.0580. The zero-order chi connectivity index (χ0) is 20.0. The molecule has 0 aromatic heterocycles. The first-order valence-corrected chi connectivity index (χ1v) is 9.47. The number of hydrogen-bond acceptors (Lipinski definition) is 5. The second-order valence-electron chi connectivity index (χ2n) is 7.12. The Morgan fingerprint density at radius 1 is 1.11 bits per heavy atom. The van der Waals surface area contributed by atoms with Gasteiger partial charge in [-0.05, 0) is 61.0 Å². The van der Waals surface area contributed by atoms with E-state index in [2.05, 4.69) is 20.9 Å². The van der Waals surface area contributed by atoms with Gasteiger partial charge in [-0.1, -0.05) is 0 Å². The molecule has 2 rings (SSSR count). The quantitative estimate of drug-likeness (QED) is 0.736. The standard InChI is InChI=1S/C19H25BrN4O3/c1-19(2,3)27-18(26)24-10-8-23(9-11-24)17(25)14-4-6-16(7-5-14)22-13-15(20)12-21/h4-7,12-13H,8-11,21H2,1-3H3. The largest absolute Gasteiger partial charge is 0.444 e. The van der Waals surface area contributed by atoms with Gasteiger partial charge in [0.15, 0.2) is 0 Å². The number of piperazine rings is 1. The fourth-order valence-corrected chi connectivity index (χ4v) is 2.57. The van der Waals surface area contributed by atoms with Crippen LogP contribution in [0.15, 0.2) is 39.9 Å². The molecule has 1 aromatic carbocycles. The molecule has 0 bridgehead atoms. The van der Waals surface area contributed by atoms with Gasteiger partial charge in [0.05, 0.1) is 10.2 Å². The molecule has 0 atom stereocenters. The van der Waals surface area contributed by atoms with Gasteiger partial charge in [0.1, 0.15) is 5.60 Å². The monoisotopic (exact) mass is 436 g/mol. The molecule has 0 spiro atoms. The van der Waals surface area contributed by atoms with E-state index in [1.54, 1.807) is 40.3 Å². The summed E-state index contributed by atoms with van der Waals surface area (Å²) in [6.45, 7) is 7.39. The topological polar surface area (TPSA) is 88.2 Å². The third kappa shape index (κ3) is 6.39. The van der Waals surface area contributed by atoms with Crippen molar-refractivity contribution in [3.05, 3.63) is 40.5 Å². The van der Waals surface area contributed by atoms with Crippen molar-refractivity contribution in [2.24, 2.45) is 10.7 Å². The Kier molecular flexibility index (Phi) is 7.01. The molecule has 1 aliphatic heterocycles. The van der Waals surface area contributed by atoms with E-state index in [1.807, 2.05) is 20.8 Å². The Morgan fingerprint density at radius 3 is 2.19 bits per heavy atom. The summed E-state index contributed by atoms with van der Waals surface area (Å²) in [6, 6.07) is 7.04. The van der Waals surface area contributed by atoms with Crippen molar-refractivity contribution < 1.29 is 14.3 Å². The zero-order valence-electron chi connectivity index (χ0n) is 15.8. The van der Waals surface area contributed by atoms with E-state index in [0.717, 1.165) is 5.69 Å². The number of benzene rings is 1. The molecule has 0 aliphatic carbocycles. The van der Waals surface area contributed by atoms with Gasteiger partial charge < -0.3 is 20.3 Å². The maximum atomic E-state index is 12.6. The molecular weight excluding hydrogens is 412 g/mol. The first-order valence-electron chi connectivity index (χ1n) is 8.68. The van der Waals surface area contributed by atoms with Crippen LogP contribution in [0.4, 0.5) is 10.5 Å². The summed E-state index contributed by atoms with van der Waals surface area (Å²) < 4.78 is 6.05. The number of nitrogens with zero attached hydrogens (tertiary/aromatic N) is 3. The van der Waals surface area contributed by atoms with Crippen LogP contribution in [-0.2, 0) is 4.74 Å². The lowest BCUT2D eigenvalue weighted by Gasteiger charge is -2.35. The van der Waals surface area contributed by atoms with Crippen LogP contribution in [0.2, 0.25) is 0 Å². The molecule has 146 valence electrons. The lowest BCUT2D eigenvalue weighted by Crippen LogP contribution is -2.51. The number of carbonyl (C=O) groups is 2. The van der Waals surface area contributed by atoms with E-state index in [0.29, 0.717) is 36.2 Å². The fourth-order valence-electron chi connectivity index (χ4n) is 2.47. The Hall–Kier alpha value is -2.35. The molecule has 27 heavy (non-hydrogen) atoms. The summed E-state index contributed by atoms with van der Waals surface area (Å²) in [4.78, 5) is 32.4. The molecule has 1 fully saturated rings. The van der Waals surface area contributed by atoms with Gasteiger partial charge in [-0.25, -0.2) is 4.79 Å². The predicted octanol–water partition coefficient (Wildman–Crippen LogP) is 3.28. The highest BCUT2D eigenvalue weighted by Gasteiger charge is 2.28. The molecule has 0 unspecified atom stereocenters. The van der Waals surface area contributed by atoms with Crippen molar-refractivity contribution in [1.82, 2.24) is 9.80 Å². The fraction of sp³-hybridized carbons (Fsp3) is 0.421. The van der Waals surface area contributed by atoms with E-state index in [-0.39, 0.29) is 12.0 Å². The minimum absolute atomic E-state index is 0.0580. The average molecular weight is 437 g/mol. The van der Waals surface area contributed by atoms with Crippen LogP contribution in [0, 0.1) is 0 Å². The molecule has 1 aliphatic rings. The average Bonchev–Trinajstić information content (AvgIpc) is 2.64. The number of carbonyl (C=O) groups excluding carboxylic acids is 2. The number of ether oxygens (including phenoxy) is 1. The summed E-state index contributed by atoms with van der Waals surface area (Å²) in [7, 11) is 0. The summed E-state index contributed by atoms with van der Waals surface area (Å²) >= 11 is 3.24. The van der Waals surface area contributed by atoms with E-state index in [4.69, 9.17) is 10.5 Å². The minimum atomic E-state index is -0.524. The first-order chi connectivity index (χ1) is 12.7. The number of amides is 2. The van der Waals surface area contributed by atoms with Gasteiger partial charge >= 0.3 is 6.09 Å². The zero-order valence-corrected chi connectivity index (χ0v) is 17.4. The minimum Gasteiger partial charge on any atom is -0.444 e. The number of nitrogens with two attached hydrogens (primary N) is 1. The van der Waals surface area contributed by atoms with Gasteiger partial charge in [0, 0.05) is 44.2 Å². The number of aliphatic imine (C=N–C) groups is 1. The Morgan fingerprint density at radius 2 is 1.67 bits per heavy atom. The Bertz CT molecular complexity index is 730. The van der Waals surface area contributed by atoms with E-state index < -0.39 is 5.60 Å². The second kappa shape index (κ2) is 9.03. The normalized spacial score (nSPS) is 15.9. The van der Waals surface area contributed by atoms with Crippen LogP contribution in [-0.4, -0.2) is 59.8 Å². The molecule has 2 N–H and O–H groups in total. The van der Waals surface area contributed by atoms with Crippen LogP contribution in [0.3, 0.4) is 0 Å². The maximum Gasteiger partial charge on any atom is 0.410 e. The van der Waals surface area contributed by atoms with Gasteiger partial charge in [-0.2, -0.15) is 0 Å². The number of halogens is 1. The molecule has 1 heterocycles. The van der Waals surface area contributed by atoms with Gasteiger partial charge in [0.25, 0.3) is 5.91 Å². The summed E-state index contributed by atoms with van der Waals surface area (Å²) in [5, 5.41) is 0. The molecular formula is C19H25BrN4O3. The van der Waals surface area contributed by atoms with Crippen LogP contribution in [0.1, 0.15) is 31.1 Å². The second-order valence-corrected chi connectivity index (χ2v) is 8.03. The highest BCUT2D eigenvalue weighted by Crippen LogP contribution is 2.17. The van der Waals surface area contributed by atoms with E-state index in [9.17, 15) is 9.59 Å². The van der Waals surface area contributed by atoms with Crippen molar-refractivity contribution >= 4 is 39.8 Å². The molecule has 0 radical (unpaired) electrons. The van der Waals surface area contributed by atoms with Gasteiger partial charge in [-0.3, -0.25) is 9.79 Å². The highest BCUT2D eigenvalue weighted by molar-refractivity contribution is 9.12. The molecule has 1 saturated heterocycles. The Labute approximate surface area is 168 Å². The lowest BCUT2D eigenvalue weighted by molar-refractivity contribution is 0.0141. The lowest BCUT2D eigenvalue weighted by atomic mass is 10.1. The van der Waals surface area contributed by atoms with E-state index >= 15 is 0 Å². The van der Waals surface area contributed by atoms with Gasteiger partial charge in [-0.15, -0.1) is 0 Å². The smallest absolute Gasteiger partial charge is 0.410 e. The molecule has 1 aromatic rings. The number of hydrogen-bond donors (Lipinski definition) is 1. The van der Waals surface area contributed by atoms with Crippen molar-refractivity contribution in [2.45, 2.75) is 26.4 Å². The molecule has 8 heteroatoms. The SMILES string of the molecule is CC(C)(C)OC(=O)N1CCN(C(=O)c2ccc(N=CC(Br)=CN)cc2)CC1. The van der Waals surface area contributed by atoms with Crippen LogP contribution in [0.5, 0.6) is 0 Å². The number of allylic oxidation sites excluding steroid dienone is 1. The van der Waals surface area contributed by atoms with E-state index in [1.165, 1.54) is 6.20 Å². The third-order valence-corrected chi connectivity index (χ3v) is 4.30. The molecule has 2 amide bonds. The highest BCUT2D eigenvalue weighted by atomic mass is 79.9. The predicted molar refractivity (Wildman–Crippen MR) is 110 cm³/mol. The van der Waals surface area contributed by atoms with Crippen LogP contribution >= 0.6 is 15.9 Å². The molecule has 0 saturated carbocycles. The van der Waals surface area contributed by atoms with Crippen LogP contribution in [0.25, 0.3) is 0 Å². The van der Waals surface area contributed by atoms with Crippen molar-refractivity contribution in [2.75, 3.05) is 26.2 Å². The Balaban J connectivity index is 1.92. The van der Waals surface area contributed by atoms with Crippen molar-refractivity contribution in [3.63, 3.8) is 0 Å².